The van der Waals surface area contributed by atoms with Gasteiger partial charge in [-0.25, -0.2) is 4.39 Å². The molecule has 0 aromatic rings. The van der Waals surface area contributed by atoms with Gasteiger partial charge in [-0.05, 0) is 6.08 Å². The third-order valence-electron chi connectivity index (χ3n) is 0.945. The second-order valence-corrected chi connectivity index (χ2v) is 1.58. The summed E-state index contributed by atoms with van der Waals surface area (Å²) in [7, 11) is 0. The van der Waals surface area contributed by atoms with Crippen LogP contribution in [0.1, 0.15) is 13.8 Å². The van der Waals surface area contributed by atoms with Crippen molar-refractivity contribution in [1.29, 1.82) is 0 Å². The maximum atomic E-state index is 12.4. The molecule has 1 aliphatic rings. The quantitative estimate of drug-likeness (QED) is 0.448. The zero-order valence-electron chi connectivity index (χ0n) is 6.82. The molecule has 1 aliphatic heterocycles. The van der Waals surface area contributed by atoms with E-state index in [4.69, 9.17) is 0 Å². The summed E-state index contributed by atoms with van der Waals surface area (Å²) < 4.78 is 12.4. The third kappa shape index (κ3) is 2.77. The molecule has 12 heavy (non-hydrogen) atoms. The van der Waals surface area contributed by atoms with Crippen molar-refractivity contribution in [1.82, 2.24) is 0 Å². The van der Waals surface area contributed by atoms with Crippen molar-refractivity contribution in [3.63, 3.8) is 0 Å². The Morgan fingerprint density at radius 1 is 1.58 bits per heavy atom. The average molecular weight is 172 g/mol. The second-order valence-electron chi connectivity index (χ2n) is 1.58. The van der Waals surface area contributed by atoms with Gasteiger partial charge in [-0.3, -0.25) is 15.1 Å². The van der Waals surface area contributed by atoms with E-state index in [1.165, 1.54) is 0 Å². The molecule has 0 N–H and O–H groups in total. The molecule has 0 saturated carbocycles. The van der Waals surface area contributed by atoms with Crippen LogP contribution >= 0.6 is 0 Å². The molecule has 0 aromatic heterocycles. The van der Waals surface area contributed by atoms with Gasteiger partial charge in [0, 0.05) is 11.1 Å². The molecule has 0 amide bonds. The predicted molar refractivity (Wildman–Crippen MR) is 43.6 cm³/mol. The van der Waals surface area contributed by atoms with Crippen molar-refractivity contribution in [2.75, 3.05) is 0 Å². The molecule has 5 heteroatoms. The summed E-state index contributed by atoms with van der Waals surface area (Å²) in [5.74, 6) is 0. The Morgan fingerprint density at radius 3 is 2.50 bits per heavy atom. The molecule has 0 aliphatic carbocycles. The van der Waals surface area contributed by atoms with Crippen molar-refractivity contribution in [3.05, 3.63) is 34.6 Å². The first kappa shape index (κ1) is 10.7. The molecule has 66 valence electrons. The van der Waals surface area contributed by atoms with Crippen molar-refractivity contribution in [2.24, 2.45) is 4.99 Å². The molecular formula is C7H9FN2O2. The molecule has 1 heterocycles. The van der Waals surface area contributed by atoms with Gasteiger partial charge in [0.25, 0.3) is 6.17 Å². The third-order valence-corrected chi connectivity index (χ3v) is 0.945. The van der Waals surface area contributed by atoms with E-state index >= 15 is 0 Å². The first-order valence-electron chi connectivity index (χ1n) is 3.45. The molecule has 0 spiro atoms. The molecule has 2 radical (unpaired) electrons. The molecule has 4 nitrogen and oxygen atoms in total. The van der Waals surface area contributed by atoms with Gasteiger partial charge in [0.05, 0.1) is 6.21 Å². The Morgan fingerprint density at radius 2 is 2.17 bits per heavy atom. The van der Waals surface area contributed by atoms with Crippen LogP contribution in [-0.4, -0.2) is 11.1 Å². The summed E-state index contributed by atoms with van der Waals surface area (Å²) in [6.07, 6.45) is 2.11. The Bertz CT molecular complexity index is 204. The lowest BCUT2D eigenvalue weighted by molar-refractivity contribution is -0.450. The minimum Gasteiger partial charge on any atom is -0.263 e. The maximum Gasteiger partial charge on any atom is 0.374 e. The molecule has 0 fully saturated rings. The summed E-state index contributed by atoms with van der Waals surface area (Å²) in [5.41, 5.74) is 0. The van der Waals surface area contributed by atoms with E-state index in [9.17, 15) is 14.5 Å². The lowest BCUT2D eigenvalue weighted by atomic mass is 10.2. The van der Waals surface area contributed by atoms with Gasteiger partial charge in [0.1, 0.15) is 0 Å². The lowest BCUT2D eigenvalue weighted by Crippen LogP contribution is -2.17. The van der Waals surface area contributed by atoms with Crippen LogP contribution in [0.5, 0.6) is 0 Å². The van der Waals surface area contributed by atoms with Gasteiger partial charge in [-0.15, -0.1) is 0 Å². The van der Waals surface area contributed by atoms with Gasteiger partial charge in [-0.2, -0.15) is 0 Å². The SMILES string of the molecule is CC.O=[N+]([O-])[C]1C=NC=C[C]1F. The van der Waals surface area contributed by atoms with Gasteiger partial charge < -0.3 is 0 Å². The van der Waals surface area contributed by atoms with E-state index in [0.717, 1.165) is 18.5 Å². The normalized spacial score (nSPS) is 16.9. The highest BCUT2D eigenvalue weighted by molar-refractivity contribution is 5.77. The summed E-state index contributed by atoms with van der Waals surface area (Å²) in [5, 5.41) is 9.95. The number of nitro groups is 1. The second kappa shape index (κ2) is 5.40. The van der Waals surface area contributed by atoms with Crippen LogP contribution in [0.2, 0.25) is 0 Å². The van der Waals surface area contributed by atoms with E-state index in [2.05, 4.69) is 4.99 Å². The van der Waals surface area contributed by atoms with Crippen LogP contribution in [-0.2, 0) is 0 Å². The molecule has 0 saturated heterocycles. The van der Waals surface area contributed by atoms with Gasteiger partial charge in [-0.1, -0.05) is 13.8 Å². The van der Waals surface area contributed by atoms with Crippen LogP contribution in [0.4, 0.5) is 4.39 Å². The largest absolute Gasteiger partial charge is 0.374 e. The number of hydrogen-bond donors (Lipinski definition) is 0. The standard InChI is InChI=1S/C5H3FN2O2.C2H6/c6-4-1-2-7-3-5(4)8(9)10;1-2/h1-3H;1-2H3. The monoisotopic (exact) mass is 172 g/mol. The van der Waals surface area contributed by atoms with E-state index in [0.29, 0.717) is 0 Å². The predicted octanol–water partition coefficient (Wildman–Crippen LogP) is 1.92. The molecule has 1 rings (SSSR count). The van der Waals surface area contributed by atoms with Crippen molar-refractivity contribution in [3.8, 4) is 0 Å². The highest BCUT2D eigenvalue weighted by atomic mass is 19.1. The fourth-order valence-corrected chi connectivity index (χ4v) is 0.504. The number of nitrogens with zero attached hydrogens (tertiary/aromatic N) is 2. The van der Waals surface area contributed by atoms with Crippen molar-refractivity contribution >= 4 is 6.21 Å². The van der Waals surface area contributed by atoms with E-state index in [1.807, 2.05) is 13.8 Å². The molecule has 0 aromatic carbocycles. The van der Waals surface area contributed by atoms with Gasteiger partial charge in [0.2, 0.25) is 0 Å². The van der Waals surface area contributed by atoms with Crippen LogP contribution in [0.3, 0.4) is 0 Å². The van der Waals surface area contributed by atoms with Gasteiger partial charge >= 0.3 is 6.04 Å². The van der Waals surface area contributed by atoms with Crippen LogP contribution in [0.25, 0.3) is 0 Å². The van der Waals surface area contributed by atoms with Crippen molar-refractivity contribution in [2.45, 2.75) is 13.8 Å². The number of rotatable bonds is 1. The minimum absolute atomic E-state index is 0.595. The number of halogens is 1. The van der Waals surface area contributed by atoms with Crippen LogP contribution < -0.4 is 0 Å². The topological polar surface area (TPSA) is 55.5 Å². The van der Waals surface area contributed by atoms with Crippen molar-refractivity contribution < 1.29 is 9.31 Å². The highest BCUT2D eigenvalue weighted by Crippen LogP contribution is 2.21. The molecular weight excluding hydrogens is 163 g/mol. The lowest BCUT2D eigenvalue weighted by Gasteiger charge is -2.03. The molecule has 0 bridgehead atoms. The molecule has 0 atom stereocenters. The summed E-state index contributed by atoms with van der Waals surface area (Å²) >= 11 is 0. The maximum absolute atomic E-state index is 12.4. The van der Waals surface area contributed by atoms with E-state index in [-0.39, 0.29) is 0 Å². The minimum atomic E-state index is -0.861. The number of hydrogen-bond acceptors (Lipinski definition) is 3. The summed E-state index contributed by atoms with van der Waals surface area (Å²) in [6.45, 7) is 4.00. The fourth-order valence-electron chi connectivity index (χ4n) is 0.504. The Hall–Kier alpha value is -1.26. The molecule has 0 unspecified atom stereocenters. The first-order chi connectivity index (χ1) is 5.72. The zero-order chi connectivity index (χ0) is 9.56. The fraction of sp³-hybridized carbons (Fsp3) is 0.286. The van der Waals surface area contributed by atoms with E-state index in [1.54, 1.807) is 0 Å². The average Bonchev–Trinajstić information content (AvgIpc) is 2.08. The number of aliphatic imine (C=N–C) groups is 1. The van der Waals surface area contributed by atoms with E-state index < -0.39 is 17.1 Å². The Labute approximate surface area is 70.0 Å². The smallest absolute Gasteiger partial charge is 0.263 e. The summed E-state index contributed by atoms with van der Waals surface area (Å²) in [4.78, 5) is 12.5. The van der Waals surface area contributed by atoms with Gasteiger partial charge in [0.15, 0.2) is 0 Å². The van der Waals surface area contributed by atoms with Crippen LogP contribution in [0.15, 0.2) is 17.3 Å². The van der Waals surface area contributed by atoms with Crippen LogP contribution in [0, 0.1) is 22.3 Å². The Kier molecular flexibility index (Phi) is 4.83. The summed E-state index contributed by atoms with van der Waals surface area (Å²) in [6, 6.07) is -0.595. The first-order valence-corrected chi connectivity index (χ1v) is 3.45. The zero-order valence-corrected chi connectivity index (χ0v) is 6.82. The Balaban J connectivity index is 0.000000561. The highest BCUT2D eigenvalue weighted by Gasteiger charge is 2.34.